The maximum absolute atomic E-state index is 4.48. The van der Waals surface area contributed by atoms with E-state index in [-0.39, 0.29) is 0 Å². The van der Waals surface area contributed by atoms with Crippen LogP contribution in [0.3, 0.4) is 0 Å². The zero-order valence-electron chi connectivity index (χ0n) is 9.78. The molecule has 1 saturated heterocycles. The van der Waals surface area contributed by atoms with Crippen LogP contribution in [0, 0.1) is 0 Å². The maximum atomic E-state index is 4.48. The minimum atomic E-state index is 0.915. The van der Waals surface area contributed by atoms with Crippen molar-refractivity contribution in [3.63, 3.8) is 0 Å². The summed E-state index contributed by atoms with van der Waals surface area (Å²) in [4.78, 5) is 6.88. The Labute approximate surface area is 102 Å². The summed E-state index contributed by atoms with van der Waals surface area (Å²) in [6.45, 7) is 3.18. The summed E-state index contributed by atoms with van der Waals surface area (Å²) in [6, 6.07) is 4.28. The Kier molecular flexibility index (Phi) is 4.48. The average Bonchev–Trinajstić information content (AvgIpc) is 2.58. The lowest BCUT2D eigenvalue weighted by Gasteiger charge is -2.21. The SMILES string of the molecule is CNCc1ccnc(N2CCCSCC2)c1. The van der Waals surface area contributed by atoms with Gasteiger partial charge in [0.25, 0.3) is 0 Å². The van der Waals surface area contributed by atoms with Gasteiger partial charge in [0.1, 0.15) is 5.82 Å². The van der Waals surface area contributed by atoms with E-state index >= 15 is 0 Å². The fourth-order valence-corrected chi connectivity index (χ4v) is 2.81. The molecule has 1 N–H and O–H groups in total. The smallest absolute Gasteiger partial charge is 0.128 e. The van der Waals surface area contributed by atoms with Gasteiger partial charge in [0.05, 0.1) is 0 Å². The first-order chi connectivity index (χ1) is 7.90. The molecule has 88 valence electrons. The lowest BCUT2D eigenvalue weighted by Crippen LogP contribution is -2.26. The Balaban J connectivity index is 2.08. The van der Waals surface area contributed by atoms with Gasteiger partial charge in [0.15, 0.2) is 0 Å². The number of rotatable bonds is 3. The van der Waals surface area contributed by atoms with Crippen molar-refractivity contribution in [3.05, 3.63) is 23.9 Å². The molecule has 0 radical (unpaired) electrons. The van der Waals surface area contributed by atoms with Crippen LogP contribution in [0.25, 0.3) is 0 Å². The summed E-state index contributed by atoms with van der Waals surface area (Å²) in [6.07, 6.45) is 3.18. The zero-order valence-corrected chi connectivity index (χ0v) is 10.6. The van der Waals surface area contributed by atoms with Crippen LogP contribution in [0.2, 0.25) is 0 Å². The first kappa shape index (κ1) is 11.7. The molecule has 0 aromatic carbocycles. The van der Waals surface area contributed by atoms with E-state index in [1.54, 1.807) is 0 Å². The number of hydrogen-bond donors (Lipinski definition) is 1. The molecule has 4 heteroatoms. The highest BCUT2D eigenvalue weighted by atomic mass is 32.2. The van der Waals surface area contributed by atoms with E-state index < -0.39 is 0 Å². The highest BCUT2D eigenvalue weighted by molar-refractivity contribution is 7.99. The molecule has 0 spiro atoms. The molecule has 2 heterocycles. The summed E-state index contributed by atoms with van der Waals surface area (Å²) in [5.41, 5.74) is 1.31. The third-order valence-electron chi connectivity index (χ3n) is 2.74. The minimum absolute atomic E-state index is 0.915. The molecule has 1 fully saturated rings. The van der Waals surface area contributed by atoms with Crippen molar-refractivity contribution in [2.45, 2.75) is 13.0 Å². The quantitative estimate of drug-likeness (QED) is 0.867. The van der Waals surface area contributed by atoms with Gasteiger partial charge in [-0.05, 0) is 36.9 Å². The molecule has 2 rings (SSSR count). The van der Waals surface area contributed by atoms with Crippen LogP contribution in [0.4, 0.5) is 5.82 Å². The van der Waals surface area contributed by atoms with E-state index in [2.05, 4.69) is 27.3 Å². The number of hydrogen-bond acceptors (Lipinski definition) is 4. The molecule has 16 heavy (non-hydrogen) atoms. The molecule has 1 aliphatic rings. The Morgan fingerprint density at radius 2 is 2.38 bits per heavy atom. The van der Waals surface area contributed by atoms with E-state index in [1.807, 2.05) is 25.0 Å². The van der Waals surface area contributed by atoms with Crippen molar-refractivity contribution >= 4 is 17.6 Å². The summed E-state index contributed by atoms with van der Waals surface area (Å²) >= 11 is 2.05. The van der Waals surface area contributed by atoms with Crippen LogP contribution in [-0.2, 0) is 6.54 Å². The molecule has 1 aromatic rings. The molecule has 1 aliphatic heterocycles. The van der Waals surface area contributed by atoms with Gasteiger partial charge >= 0.3 is 0 Å². The van der Waals surface area contributed by atoms with Gasteiger partial charge < -0.3 is 10.2 Å². The first-order valence-electron chi connectivity index (χ1n) is 5.82. The number of nitrogens with one attached hydrogen (secondary N) is 1. The number of pyridine rings is 1. The second-order valence-electron chi connectivity index (χ2n) is 4.01. The van der Waals surface area contributed by atoms with Crippen molar-refractivity contribution in [2.75, 3.05) is 36.5 Å². The van der Waals surface area contributed by atoms with Gasteiger partial charge in [-0.1, -0.05) is 0 Å². The van der Waals surface area contributed by atoms with Gasteiger partial charge in [0, 0.05) is 31.6 Å². The molecule has 0 bridgehead atoms. The maximum Gasteiger partial charge on any atom is 0.128 e. The molecule has 0 atom stereocenters. The van der Waals surface area contributed by atoms with E-state index in [0.29, 0.717) is 0 Å². The molecular weight excluding hydrogens is 218 g/mol. The third kappa shape index (κ3) is 3.12. The standard InChI is InChI=1S/C12H19N3S/c1-13-10-11-3-4-14-12(9-11)15-5-2-7-16-8-6-15/h3-4,9,13H,2,5-8,10H2,1H3. The lowest BCUT2D eigenvalue weighted by molar-refractivity contribution is 0.788. The topological polar surface area (TPSA) is 28.2 Å². The number of thioether (sulfide) groups is 1. The summed E-state index contributed by atoms with van der Waals surface area (Å²) in [7, 11) is 1.97. The van der Waals surface area contributed by atoms with E-state index in [9.17, 15) is 0 Å². The fraction of sp³-hybridized carbons (Fsp3) is 0.583. The van der Waals surface area contributed by atoms with Crippen molar-refractivity contribution < 1.29 is 0 Å². The predicted molar refractivity (Wildman–Crippen MR) is 71.2 cm³/mol. The second-order valence-corrected chi connectivity index (χ2v) is 5.23. The molecule has 0 saturated carbocycles. The molecule has 0 amide bonds. The van der Waals surface area contributed by atoms with Crippen LogP contribution in [0.15, 0.2) is 18.3 Å². The monoisotopic (exact) mass is 237 g/mol. The number of anilines is 1. The first-order valence-corrected chi connectivity index (χ1v) is 6.98. The Morgan fingerprint density at radius 1 is 1.44 bits per heavy atom. The van der Waals surface area contributed by atoms with E-state index in [4.69, 9.17) is 0 Å². The molecule has 1 aromatic heterocycles. The molecular formula is C12H19N3S. The van der Waals surface area contributed by atoms with Crippen molar-refractivity contribution in [1.82, 2.24) is 10.3 Å². The summed E-state index contributed by atoms with van der Waals surface area (Å²) in [5, 5.41) is 3.18. The van der Waals surface area contributed by atoms with Gasteiger partial charge in [-0.3, -0.25) is 0 Å². The minimum Gasteiger partial charge on any atom is -0.356 e. The summed E-state index contributed by atoms with van der Waals surface area (Å²) < 4.78 is 0. The van der Waals surface area contributed by atoms with Crippen LogP contribution in [-0.4, -0.2) is 36.6 Å². The normalized spacial score (nSPS) is 17.2. The van der Waals surface area contributed by atoms with Gasteiger partial charge in [-0.2, -0.15) is 11.8 Å². The predicted octanol–water partition coefficient (Wildman–Crippen LogP) is 1.74. The lowest BCUT2D eigenvalue weighted by atomic mass is 10.2. The molecule has 0 unspecified atom stereocenters. The van der Waals surface area contributed by atoms with Gasteiger partial charge in [0.2, 0.25) is 0 Å². The molecule has 0 aliphatic carbocycles. The largest absolute Gasteiger partial charge is 0.356 e. The van der Waals surface area contributed by atoms with Gasteiger partial charge in [-0.25, -0.2) is 4.98 Å². The Hall–Kier alpha value is -0.740. The molecule has 3 nitrogen and oxygen atoms in total. The van der Waals surface area contributed by atoms with E-state index in [1.165, 1.54) is 23.5 Å². The summed E-state index contributed by atoms with van der Waals surface area (Å²) in [5.74, 6) is 3.64. The second kappa shape index (κ2) is 6.11. The van der Waals surface area contributed by atoms with Crippen molar-refractivity contribution in [3.8, 4) is 0 Å². The Morgan fingerprint density at radius 3 is 3.25 bits per heavy atom. The van der Waals surface area contributed by atoms with Crippen molar-refractivity contribution in [1.29, 1.82) is 0 Å². The zero-order chi connectivity index (χ0) is 11.2. The van der Waals surface area contributed by atoms with E-state index in [0.717, 1.165) is 25.5 Å². The van der Waals surface area contributed by atoms with Crippen LogP contribution in [0.1, 0.15) is 12.0 Å². The van der Waals surface area contributed by atoms with Gasteiger partial charge in [-0.15, -0.1) is 0 Å². The Bertz CT molecular complexity index is 322. The third-order valence-corrected chi connectivity index (χ3v) is 3.79. The highest BCUT2D eigenvalue weighted by Gasteiger charge is 2.11. The number of aromatic nitrogens is 1. The van der Waals surface area contributed by atoms with Crippen LogP contribution >= 0.6 is 11.8 Å². The number of nitrogens with zero attached hydrogens (tertiary/aromatic N) is 2. The van der Waals surface area contributed by atoms with Crippen molar-refractivity contribution in [2.24, 2.45) is 0 Å². The van der Waals surface area contributed by atoms with Crippen LogP contribution in [0.5, 0.6) is 0 Å². The average molecular weight is 237 g/mol. The highest BCUT2D eigenvalue weighted by Crippen LogP contribution is 2.17. The fourth-order valence-electron chi connectivity index (χ4n) is 1.92. The van der Waals surface area contributed by atoms with Crippen LogP contribution < -0.4 is 10.2 Å².